The van der Waals surface area contributed by atoms with Crippen molar-refractivity contribution in [1.29, 1.82) is 5.41 Å². The van der Waals surface area contributed by atoms with Crippen molar-refractivity contribution in [3.63, 3.8) is 0 Å². The zero-order valence-electron chi connectivity index (χ0n) is 9.28. The fraction of sp³-hybridized carbons (Fsp3) is 0. The molecule has 0 fully saturated rings. The molecule has 0 amide bonds. The molecule has 0 aliphatic rings. The van der Waals surface area contributed by atoms with Crippen molar-refractivity contribution < 1.29 is 4.39 Å². The van der Waals surface area contributed by atoms with Crippen LogP contribution in [0.1, 0.15) is 5.56 Å². The van der Waals surface area contributed by atoms with Crippen molar-refractivity contribution in [1.82, 2.24) is 0 Å². The molecule has 0 saturated heterocycles. The molecule has 0 bridgehead atoms. The Balaban J connectivity index is 2.34. The van der Waals surface area contributed by atoms with Crippen LogP contribution in [0, 0.1) is 11.2 Å². The van der Waals surface area contributed by atoms with E-state index in [2.05, 4.69) is 0 Å². The zero-order chi connectivity index (χ0) is 13.1. The number of halogens is 2. The fourth-order valence-electron chi connectivity index (χ4n) is 1.43. The molecule has 18 heavy (non-hydrogen) atoms. The lowest BCUT2D eigenvalue weighted by Crippen LogP contribution is -2.12. The van der Waals surface area contributed by atoms with Gasteiger partial charge in [-0.25, -0.2) is 4.39 Å². The van der Waals surface area contributed by atoms with E-state index in [1.807, 2.05) is 12.1 Å². The maximum atomic E-state index is 13.1. The van der Waals surface area contributed by atoms with Gasteiger partial charge in [-0.15, -0.1) is 0 Å². The monoisotopic (exact) mass is 280 g/mol. The maximum absolute atomic E-state index is 13.1. The molecule has 0 radical (unpaired) electrons. The molecule has 0 saturated carbocycles. The number of nitrogen functional groups attached to an aromatic ring is 1. The topological polar surface area (TPSA) is 49.9 Å². The lowest BCUT2D eigenvalue weighted by molar-refractivity contribution is 0.626. The van der Waals surface area contributed by atoms with E-state index in [4.69, 9.17) is 22.7 Å². The first-order chi connectivity index (χ1) is 8.56. The van der Waals surface area contributed by atoms with Gasteiger partial charge in [0.05, 0.1) is 0 Å². The van der Waals surface area contributed by atoms with Crippen molar-refractivity contribution in [3.8, 4) is 0 Å². The van der Waals surface area contributed by atoms with E-state index < -0.39 is 5.82 Å². The van der Waals surface area contributed by atoms with Gasteiger partial charge in [-0.2, -0.15) is 0 Å². The van der Waals surface area contributed by atoms with Crippen molar-refractivity contribution in [2.24, 2.45) is 5.73 Å². The third-order valence-corrected chi connectivity index (χ3v) is 3.61. The number of nitrogens with two attached hydrogens (primary N) is 1. The van der Waals surface area contributed by atoms with Gasteiger partial charge in [-0.1, -0.05) is 23.4 Å². The molecular formula is C13H10ClFN2S. The predicted molar refractivity (Wildman–Crippen MR) is 73.0 cm³/mol. The number of nitrogens with one attached hydrogen (secondary N) is 1. The van der Waals surface area contributed by atoms with Gasteiger partial charge in [0.25, 0.3) is 0 Å². The highest BCUT2D eigenvalue weighted by molar-refractivity contribution is 7.99. The quantitative estimate of drug-likeness (QED) is 0.661. The van der Waals surface area contributed by atoms with Crippen LogP contribution < -0.4 is 5.73 Å². The maximum Gasteiger partial charge on any atom is 0.124 e. The van der Waals surface area contributed by atoms with Gasteiger partial charge in [-0.3, -0.25) is 5.41 Å². The molecular weight excluding hydrogens is 271 g/mol. The summed E-state index contributed by atoms with van der Waals surface area (Å²) in [5.74, 6) is -0.549. The lowest BCUT2D eigenvalue weighted by Gasteiger charge is -2.08. The minimum Gasteiger partial charge on any atom is -0.384 e. The van der Waals surface area contributed by atoms with Gasteiger partial charge in [0, 0.05) is 20.4 Å². The summed E-state index contributed by atoms with van der Waals surface area (Å²) in [6, 6.07) is 11.5. The van der Waals surface area contributed by atoms with Crippen LogP contribution in [0.4, 0.5) is 4.39 Å². The van der Waals surface area contributed by atoms with Gasteiger partial charge in [0.15, 0.2) is 0 Å². The number of hydrogen-bond donors (Lipinski definition) is 2. The molecule has 0 unspecified atom stereocenters. The molecule has 0 aliphatic carbocycles. The zero-order valence-corrected chi connectivity index (χ0v) is 10.9. The third kappa shape index (κ3) is 3.03. The summed E-state index contributed by atoms with van der Waals surface area (Å²) < 4.78 is 13.1. The van der Waals surface area contributed by atoms with Crippen LogP contribution in [0.25, 0.3) is 0 Å². The van der Waals surface area contributed by atoms with Crippen molar-refractivity contribution in [2.45, 2.75) is 9.79 Å². The number of hydrogen-bond acceptors (Lipinski definition) is 2. The number of rotatable bonds is 3. The Bertz CT molecular complexity index is 584. The molecule has 5 heteroatoms. The van der Waals surface area contributed by atoms with Crippen LogP contribution in [0.15, 0.2) is 52.3 Å². The molecule has 0 aliphatic heterocycles. The smallest absolute Gasteiger partial charge is 0.124 e. The van der Waals surface area contributed by atoms with Crippen LogP contribution in [-0.4, -0.2) is 5.84 Å². The number of amidine groups is 1. The second-order valence-corrected chi connectivity index (χ2v) is 5.16. The number of benzene rings is 2. The highest BCUT2D eigenvalue weighted by Crippen LogP contribution is 2.31. The second kappa shape index (κ2) is 5.42. The molecule has 0 spiro atoms. The van der Waals surface area contributed by atoms with Crippen LogP contribution >= 0.6 is 23.4 Å². The van der Waals surface area contributed by atoms with Crippen molar-refractivity contribution >= 4 is 29.2 Å². The van der Waals surface area contributed by atoms with Crippen LogP contribution in [0.2, 0.25) is 5.02 Å². The molecule has 2 nitrogen and oxygen atoms in total. The summed E-state index contributed by atoms with van der Waals surface area (Å²) in [5, 5.41) is 8.11. The Hall–Kier alpha value is -1.52. The molecule has 2 aromatic carbocycles. The average Bonchev–Trinajstić information content (AvgIpc) is 2.34. The molecule has 0 heterocycles. The highest BCUT2D eigenvalue weighted by Gasteiger charge is 2.08. The first-order valence-corrected chi connectivity index (χ1v) is 6.33. The van der Waals surface area contributed by atoms with Gasteiger partial charge in [0.1, 0.15) is 11.7 Å². The van der Waals surface area contributed by atoms with Crippen LogP contribution in [-0.2, 0) is 0 Å². The first kappa shape index (κ1) is 12.9. The summed E-state index contributed by atoms with van der Waals surface area (Å²) in [7, 11) is 0. The van der Waals surface area contributed by atoms with Crippen molar-refractivity contribution in [2.75, 3.05) is 0 Å². The molecule has 2 rings (SSSR count). The second-order valence-electron chi connectivity index (χ2n) is 3.61. The fourth-order valence-corrected chi connectivity index (χ4v) is 2.50. The Morgan fingerprint density at radius 2 is 1.83 bits per heavy atom. The standard InChI is InChI=1S/C13H10ClFN2S/c14-8-1-4-10(5-2-8)18-12-6-3-9(15)7-11(12)13(16)17/h1-7H,(H3,16,17). The molecule has 3 N–H and O–H groups in total. The van der Waals surface area contributed by atoms with Crippen molar-refractivity contribution in [3.05, 3.63) is 58.9 Å². The normalized spacial score (nSPS) is 10.3. The van der Waals surface area contributed by atoms with E-state index in [-0.39, 0.29) is 5.84 Å². The summed E-state index contributed by atoms with van der Waals surface area (Å²) in [4.78, 5) is 1.69. The molecule has 92 valence electrons. The summed E-state index contributed by atoms with van der Waals surface area (Å²) in [6.07, 6.45) is 0. The Morgan fingerprint density at radius 3 is 2.44 bits per heavy atom. The van der Waals surface area contributed by atoms with E-state index in [9.17, 15) is 4.39 Å². The third-order valence-electron chi connectivity index (χ3n) is 2.27. The van der Waals surface area contributed by atoms with E-state index in [0.29, 0.717) is 10.6 Å². The predicted octanol–water partition coefficient (Wildman–Crippen LogP) is 3.91. The minimum atomic E-state index is -0.402. The largest absolute Gasteiger partial charge is 0.384 e. The van der Waals surface area contributed by atoms with E-state index in [0.717, 1.165) is 9.79 Å². The average molecular weight is 281 g/mol. The Kier molecular flexibility index (Phi) is 3.89. The minimum absolute atomic E-state index is 0.147. The molecule has 0 aromatic heterocycles. The van der Waals surface area contributed by atoms with Gasteiger partial charge >= 0.3 is 0 Å². The summed E-state index contributed by atoms with van der Waals surface area (Å²) in [6.45, 7) is 0. The van der Waals surface area contributed by atoms with Gasteiger partial charge in [0.2, 0.25) is 0 Å². The van der Waals surface area contributed by atoms with E-state index in [1.165, 1.54) is 23.9 Å². The van der Waals surface area contributed by atoms with Crippen LogP contribution in [0.5, 0.6) is 0 Å². The van der Waals surface area contributed by atoms with E-state index >= 15 is 0 Å². The van der Waals surface area contributed by atoms with Gasteiger partial charge < -0.3 is 5.73 Å². The SMILES string of the molecule is N=C(N)c1cc(F)ccc1Sc1ccc(Cl)cc1. The highest BCUT2D eigenvalue weighted by atomic mass is 35.5. The van der Waals surface area contributed by atoms with E-state index in [1.54, 1.807) is 18.2 Å². The molecule has 0 atom stereocenters. The molecule has 2 aromatic rings. The summed E-state index contributed by atoms with van der Waals surface area (Å²) >= 11 is 7.22. The first-order valence-electron chi connectivity index (χ1n) is 5.13. The Labute approximate surface area is 113 Å². The van der Waals surface area contributed by atoms with Gasteiger partial charge in [-0.05, 0) is 42.5 Å². The van der Waals surface area contributed by atoms with Crippen LogP contribution in [0.3, 0.4) is 0 Å². The summed E-state index contributed by atoms with van der Waals surface area (Å²) in [5.41, 5.74) is 5.84. The lowest BCUT2D eigenvalue weighted by atomic mass is 10.2. The Morgan fingerprint density at radius 1 is 1.17 bits per heavy atom.